The fourth-order valence-electron chi connectivity index (χ4n) is 4.29. The number of nitrogens with zero attached hydrogens (tertiary/aromatic N) is 3. The van der Waals surface area contributed by atoms with Crippen LogP contribution in [0.3, 0.4) is 0 Å². The molecule has 6 rings (SSSR count). The third-order valence-electron chi connectivity index (χ3n) is 6.29. The first-order chi connectivity index (χ1) is 17.6. The molecule has 0 aliphatic carbocycles. The summed E-state index contributed by atoms with van der Waals surface area (Å²) in [6.45, 7) is 2.08. The molecule has 2 aromatic heterocycles. The first-order valence-corrected chi connectivity index (χ1v) is 12.2. The number of halogens is 1. The monoisotopic (exact) mass is 486 g/mol. The lowest BCUT2D eigenvalue weighted by Gasteiger charge is -2.02. The highest BCUT2D eigenvalue weighted by Gasteiger charge is 2.17. The molecule has 5 heteroatoms. The predicted molar refractivity (Wildman–Crippen MR) is 147 cm³/mol. The van der Waals surface area contributed by atoms with E-state index in [-0.39, 0.29) is 0 Å². The Morgan fingerprint density at radius 2 is 1.33 bits per heavy atom. The fraction of sp³-hybridized carbons (Fsp3) is 0.0323. The second kappa shape index (κ2) is 9.33. The number of aromatic amines is 1. The zero-order valence-corrected chi connectivity index (χ0v) is 20.4. The number of nitrogens with one attached hydrogen (secondary N) is 1. The molecule has 4 aromatic carbocycles. The number of hydrogen-bond donors (Lipinski definition) is 1. The van der Waals surface area contributed by atoms with Crippen molar-refractivity contribution in [2.75, 3.05) is 0 Å². The zero-order valence-electron chi connectivity index (χ0n) is 19.7. The molecule has 4 nitrogen and oxygen atoms in total. The second-order valence-electron chi connectivity index (χ2n) is 8.79. The Bertz CT molecular complexity index is 1610. The average molecular weight is 487 g/mol. The van der Waals surface area contributed by atoms with E-state index in [0.29, 0.717) is 5.02 Å². The smallest absolute Gasteiger partial charge is 0.102 e. The van der Waals surface area contributed by atoms with Crippen LogP contribution in [0.15, 0.2) is 115 Å². The Morgan fingerprint density at radius 3 is 2.06 bits per heavy atom. The van der Waals surface area contributed by atoms with Crippen LogP contribution >= 0.6 is 11.6 Å². The predicted octanol–water partition coefficient (Wildman–Crippen LogP) is 8.23. The number of hydrogen-bond acceptors (Lipinski definition) is 2. The van der Waals surface area contributed by atoms with Gasteiger partial charge in [-0.2, -0.15) is 10.2 Å². The molecule has 0 radical (unpaired) electrons. The van der Waals surface area contributed by atoms with Crippen LogP contribution < -0.4 is 0 Å². The van der Waals surface area contributed by atoms with Crippen LogP contribution in [0.2, 0.25) is 5.02 Å². The maximum absolute atomic E-state index is 6.10. The molecule has 0 unspecified atom stereocenters. The fourth-order valence-corrected chi connectivity index (χ4v) is 4.42. The van der Waals surface area contributed by atoms with Gasteiger partial charge in [-0.3, -0.25) is 5.10 Å². The van der Waals surface area contributed by atoms with Gasteiger partial charge in [0.05, 0.1) is 17.1 Å². The average Bonchev–Trinajstić information content (AvgIpc) is 3.58. The molecule has 0 atom stereocenters. The lowest BCUT2D eigenvalue weighted by Crippen LogP contribution is -1.94. The molecule has 174 valence electrons. The van der Waals surface area contributed by atoms with E-state index in [9.17, 15) is 0 Å². The summed E-state index contributed by atoms with van der Waals surface area (Å²) in [6.07, 6.45) is 2.04. The van der Waals surface area contributed by atoms with Crippen molar-refractivity contribution in [1.82, 2.24) is 20.0 Å². The van der Waals surface area contributed by atoms with Crippen molar-refractivity contribution in [1.29, 1.82) is 0 Å². The van der Waals surface area contributed by atoms with Crippen LogP contribution in [-0.2, 0) is 0 Å². The Labute approximate surface area is 214 Å². The van der Waals surface area contributed by atoms with E-state index in [1.165, 1.54) is 16.7 Å². The van der Waals surface area contributed by atoms with Crippen LogP contribution in [0.5, 0.6) is 0 Å². The highest BCUT2D eigenvalue weighted by atomic mass is 35.5. The Kier molecular flexibility index (Phi) is 5.72. The van der Waals surface area contributed by atoms with Crippen LogP contribution in [0.4, 0.5) is 0 Å². The molecule has 6 aromatic rings. The summed E-state index contributed by atoms with van der Waals surface area (Å²) in [4.78, 5) is 0. The first kappa shape index (κ1) is 22.1. The standard InChI is InChI=1S/C31H23ClN4/c1-21-7-9-25(10-8-21)31-28(20-36(35-31)27-17-15-26(32)16-18-27)30-19-29(33-34-30)24-13-11-23(12-14-24)22-5-3-2-4-6-22/h2-20H,1H3,(H,33,34). The summed E-state index contributed by atoms with van der Waals surface area (Å²) in [7, 11) is 0. The van der Waals surface area contributed by atoms with Gasteiger partial charge in [-0.05, 0) is 48.4 Å². The van der Waals surface area contributed by atoms with Crippen molar-refractivity contribution in [3.05, 3.63) is 126 Å². The van der Waals surface area contributed by atoms with Crippen molar-refractivity contribution in [3.63, 3.8) is 0 Å². The summed E-state index contributed by atoms with van der Waals surface area (Å²) in [6, 6.07) is 37.0. The Balaban J connectivity index is 1.38. The highest BCUT2D eigenvalue weighted by molar-refractivity contribution is 6.30. The van der Waals surface area contributed by atoms with Gasteiger partial charge in [0.2, 0.25) is 0 Å². The molecule has 2 heterocycles. The minimum absolute atomic E-state index is 0.696. The third-order valence-corrected chi connectivity index (χ3v) is 6.54. The Morgan fingerprint density at radius 1 is 0.694 bits per heavy atom. The van der Waals surface area contributed by atoms with E-state index >= 15 is 0 Å². The van der Waals surface area contributed by atoms with Gasteiger partial charge in [-0.1, -0.05) is 96.0 Å². The van der Waals surface area contributed by atoms with Crippen molar-refractivity contribution in [2.45, 2.75) is 6.92 Å². The minimum Gasteiger partial charge on any atom is -0.277 e. The summed E-state index contributed by atoms with van der Waals surface area (Å²) < 4.78 is 1.88. The maximum atomic E-state index is 6.10. The molecule has 0 saturated heterocycles. The van der Waals surface area contributed by atoms with E-state index in [1.54, 1.807) is 0 Å². The quantitative estimate of drug-likeness (QED) is 0.267. The van der Waals surface area contributed by atoms with E-state index in [1.807, 2.05) is 41.2 Å². The molecule has 0 saturated carbocycles. The van der Waals surface area contributed by atoms with Crippen LogP contribution in [0.1, 0.15) is 5.56 Å². The summed E-state index contributed by atoms with van der Waals surface area (Å²) in [5.74, 6) is 0. The van der Waals surface area contributed by atoms with Gasteiger partial charge in [0.25, 0.3) is 0 Å². The van der Waals surface area contributed by atoms with Crippen LogP contribution in [-0.4, -0.2) is 20.0 Å². The number of rotatable bonds is 5. The lowest BCUT2D eigenvalue weighted by molar-refractivity contribution is 0.884. The molecular weight excluding hydrogens is 464 g/mol. The van der Waals surface area contributed by atoms with E-state index in [0.717, 1.165) is 39.5 Å². The SMILES string of the molecule is Cc1ccc(-c2nn(-c3ccc(Cl)cc3)cc2-c2cc(-c3ccc(-c4ccccc4)cc3)n[nH]2)cc1. The van der Waals surface area contributed by atoms with E-state index in [2.05, 4.69) is 96.0 Å². The highest BCUT2D eigenvalue weighted by Crippen LogP contribution is 2.33. The third kappa shape index (κ3) is 4.35. The van der Waals surface area contributed by atoms with Gasteiger partial charge >= 0.3 is 0 Å². The van der Waals surface area contributed by atoms with Gasteiger partial charge in [-0.15, -0.1) is 0 Å². The van der Waals surface area contributed by atoms with Gasteiger partial charge < -0.3 is 0 Å². The van der Waals surface area contributed by atoms with Crippen molar-refractivity contribution in [3.8, 4) is 50.6 Å². The molecule has 0 fully saturated rings. The molecule has 36 heavy (non-hydrogen) atoms. The van der Waals surface area contributed by atoms with E-state index < -0.39 is 0 Å². The van der Waals surface area contributed by atoms with Crippen molar-refractivity contribution >= 4 is 11.6 Å². The number of aryl methyl sites for hydroxylation is 1. The Hall–Kier alpha value is -4.41. The molecular formula is C31H23ClN4. The summed E-state index contributed by atoms with van der Waals surface area (Å²) >= 11 is 6.10. The number of aromatic nitrogens is 4. The molecule has 0 bridgehead atoms. The van der Waals surface area contributed by atoms with Gasteiger partial charge in [0.1, 0.15) is 5.69 Å². The lowest BCUT2D eigenvalue weighted by atomic mass is 10.0. The van der Waals surface area contributed by atoms with Gasteiger partial charge in [0, 0.05) is 27.9 Å². The second-order valence-corrected chi connectivity index (χ2v) is 9.23. The minimum atomic E-state index is 0.696. The van der Waals surface area contributed by atoms with Gasteiger partial charge in [0.15, 0.2) is 0 Å². The number of benzene rings is 4. The molecule has 0 spiro atoms. The maximum Gasteiger partial charge on any atom is 0.102 e. The normalized spacial score (nSPS) is 11.1. The van der Waals surface area contributed by atoms with Crippen LogP contribution in [0, 0.1) is 6.92 Å². The van der Waals surface area contributed by atoms with Crippen LogP contribution in [0.25, 0.3) is 50.6 Å². The largest absolute Gasteiger partial charge is 0.277 e. The number of H-pyrrole nitrogens is 1. The topological polar surface area (TPSA) is 46.5 Å². The molecule has 0 amide bonds. The molecule has 0 aliphatic heterocycles. The van der Waals surface area contributed by atoms with E-state index in [4.69, 9.17) is 16.7 Å². The first-order valence-electron chi connectivity index (χ1n) is 11.8. The molecule has 0 aliphatic rings. The van der Waals surface area contributed by atoms with Crippen molar-refractivity contribution < 1.29 is 0 Å². The van der Waals surface area contributed by atoms with Gasteiger partial charge in [-0.25, -0.2) is 4.68 Å². The zero-order chi connectivity index (χ0) is 24.5. The summed E-state index contributed by atoms with van der Waals surface area (Å²) in [5, 5.41) is 13.5. The molecule has 1 N–H and O–H groups in total. The van der Waals surface area contributed by atoms with Crippen molar-refractivity contribution in [2.24, 2.45) is 0 Å². The summed E-state index contributed by atoms with van der Waals surface area (Å²) in [5.41, 5.74) is 10.3.